The summed E-state index contributed by atoms with van der Waals surface area (Å²) in [4.78, 5) is 19.3. The molecule has 2 aromatic rings. The number of benzene rings is 1. The number of hydrogen-bond acceptors (Lipinski definition) is 2. The summed E-state index contributed by atoms with van der Waals surface area (Å²) in [5.74, 6) is 0.768. The van der Waals surface area contributed by atoms with Crippen molar-refractivity contribution in [3.05, 3.63) is 53.7 Å². The normalized spacial score (nSPS) is 16.1. The zero-order valence-corrected chi connectivity index (χ0v) is 15.7. The van der Waals surface area contributed by atoms with E-state index in [2.05, 4.69) is 56.9 Å². The van der Waals surface area contributed by atoms with Crippen LogP contribution in [-0.2, 0) is 5.41 Å². The molecule has 0 spiro atoms. The van der Waals surface area contributed by atoms with Gasteiger partial charge >= 0.3 is 0 Å². The summed E-state index contributed by atoms with van der Waals surface area (Å²) in [6.07, 6.45) is 2.17. The summed E-state index contributed by atoms with van der Waals surface area (Å²) in [5.41, 5.74) is 3.89. The van der Waals surface area contributed by atoms with Crippen LogP contribution in [0.25, 0.3) is 11.3 Å². The van der Waals surface area contributed by atoms with Crippen LogP contribution in [0.5, 0.6) is 0 Å². The van der Waals surface area contributed by atoms with Crippen molar-refractivity contribution in [3.63, 3.8) is 0 Å². The number of aromatic nitrogens is 1. The maximum absolute atomic E-state index is 12.7. The summed E-state index contributed by atoms with van der Waals surface area (Å²) in [5, 5.41) is 0. The van der Waals surface area contributed by atoms with Gasteiger partial charge in [-0.3, -0.25) is 4.79 Å². The van der Waals surface area contributed by atoms with Crippen molar-refractivity contribution in [1.82, 2.24) is 9.88 Å². The standard InChI is InChI=1S/C22H28N2O/c1-16-12-14-24(15-13-16)21(25)20-7-5-6-19(23-20)17-8-10-18(11-9-17)22(2,3)4/h5-11,16H,12-15H2,1-4H3. The van der Waals surface area contributed by atoms with E-state index in [1.807, 2.05) is 23.1 Å². The number of amides is 1. The van der Waals surface area contributed by atoms with Crippen LogP contribution in [0, 0.1) is 5.92 Å². The summed E-state index contributed by atoms with van der Waals surface area (Å²) in [6.45, 7) is 10.6. The first kappa shape index (κ1) is 17.7. The van der Waals surface area contributed by atoms with E-state index in [1.54, 1.807) is 0 Å². The number of pyridine rings is 1. The number of nitrogens with zero attached hydrogens (tertiary/aromatic N) is 2. The van der Waals surface area contributed by atoms with Crippen molar-refractivity contribution >= 4 is 5.91 Å². The quantitative estimate of drug-likeness (QED) is 0.780. The molecule has 1 amide bonds. The minimum Gasteiger partial charge on any atom is -0.337 e. The Hall–Kier alpha value is -2.16. The molecule has 1 fully saturated rings. The van der Waals surface area contributed by atoms with Crippen LogP contribution in [0.1, 0.15) is 56.6 Å². The molecule has 1 saturated heterocycles. The first-order valence-corrected chi connectivity index (χ1v) is 9.22. The minimum absolute atomic E-state index is 0.0556. The molecule has 25 heavy (non-hydrogen) atoms. The molecule has 2 heterocycles. The highest BCUT2D eigenvalue weighted by Gasteiger charge is 2.22. The highest BCUT2D eigenvalue weighted by atomic mass is 16.2. The third-order valence-electron chi connectivity index (χ3n) is 5.09. The van der Waals surface area contributed by atoms with Gasteiger partial charge in [-0.1, -0.05) is 58.0 Å². The molecule has 3 nitrogen and oxygen atoms in total. The fraction of sp³-hybridized carbons (Fsp3) is 0.455. The fourth-order valence-electron chi connectivity index (χ4n) is 3.23. The molecule has 0 bridgehead atoms. The Bertz CT molecular complexity index is 735. The van der Waals surface area contributed by atoms with E-state index < -0.39 is 0 Å². The maximum Gasteiger partial charge on any atom is 0.272 e. The number of rotatable bonds is 2. The molecule has 1 aromatic heterocycles. The molecule has 3 rings (SSSR count). The molecule has 0 saturated carbocycles. The van der Waals surface area contributed by atoms with Gasteiger partial charge in [0, 0.05) is 18.7 Å². The van der Waals surface area contributed by atoms with Crippen LogP contribution < -0.4 is 0 Å². The van der Waals surface area contributed by atoms with Crippen LogP contribution in [0.3, 0.4) is 0 Å². The van der Waals surface area contributed by atoms with E-state index in [1.165, 1.54) is 5.56 Å². The molecule has 0 aliphatic carbocycles. The van der Waals surface area contributed by atoms with Crippen molar-refractivity contribution in [1.29, 1.82) is 0 Å². The molecule has 3 heteroatoms. The first-order valence-electron chi connectivity index (χ1n) is 9.22. The number of piperidine rings is 1. The third-order valence-corrected chi connectivity index (χ3v) is 5.09. The molecular formula is C22H28N2O. The monoisotopic (exact) mass is 336 g/mol. The third kappa shape index (κ3) is 4.09. The Morgan fingerprint density at radius 3 is 2.28 bits per heavy atom. The molecule has 1 aromatic carbocycles. The Labute approximate surface area is 151 Å². The van der Waals surface area contributed by atoms with Crippen molar-refractivity contribution in [3.8, 4) is 11.3 Å². The Morgan fingerprint density at radius 2 is 1.68 bits per heavy atom. The van der Waals surface area contributed by atoms with Crippen molar-refractivity contribution in [2.45, 2.75) is 46.0 Å². The SMILES string of the molecule is CC1CCN(C(=O)c2cccc(-c3ccc(C(C)(C)C)cc3)n2)CC1. The van der Waals surface area contributed by atoms with Gasteiger partial charge in [0.15, 0.2) is 0 Å². The summed E-state index contributed by atoms with van der Waals surface area (Å²) < 4.78 is 0. The van der Waals surface area contributed by atoms with Gasteiger partial charge in [-0.15, -0.1) is 0 Å². The Kier molecular flexibility index (Phi) is 4.94. The highest BCUT2D eigenvalue weighted by molar-refractivity contribution is 5.93. The van der Waals surface area contributed by atoms with Gasteiger partial charge in [-0.2, -0.15) is 0 Å². The highest BCUT2D eigenvalue weighted by Crippen LogP contribution is 2.26. The maximum atomic E-state index is 12.7. The van der Waals surface area contributed by atoms with E-state index >= 15 is 0 Å². The van der Waals surface area contributed by atoms with Crippen LogP contribution in [0.2, 0.25) is 0 Å². The fourth-order valence-corrected chi connectivity index (χ4v) is 3.23. The van der Waals surface area contributed by atoms with Crippen LogP contribution in [0.15, 0.2) is 42.5 Å². The average molecular weight is 336 g/mol. The topological polar surface area (TPSA) is 33.2 Å². The van der Waals surface area contributed by atoms with Gasteiger partial charge in [0.1, 0.15) is 5.69 Å². The summed E-state index contributed by atoms with van der Waals surface area (Å²) >= 11 is 0. The zero-order chi connectivity index (χ0) is 18.0. The van der Waals surface area contributed by atoms with Crippen molar-refractivity contribution in [2.75, 3.05) is 13.1 Å². The Morgan fingerprint density at radius 1 is 1.04 bits per heavy atom. The molecule has 0 radical (unpaired) electrons. The lowest BCUT2D eigenvalue weighted by atomic mass is 9.86. The van der Waals surface area contributed by atoms with Crippen molar-refractivity contribution < 1.29 is 4.79 Å². The number of likely N-dealkylation sites (tertiary alicyclic amines) is 1. The first-order chi connectivity index (χ1) is 11.8. The minimum atomic E-state index is 0.0556. The summed E-state index contributed by atoms with van der Waals surface area (Å²) in [6, 6.07) is 14.2. The largest absolute Gasteiger partial charge is 0.337 e. The van der Waals surface area contributed by atoms with Gasteiger partial charge in [0.25, 0.3) is 5.91 Å². The smallest absolute Gasteiger partial charge is 0.272 e. The Balaban J connectivity index is 1.80. The average Bonchev–Trinajstić information content (AvgIpc) is 2.61. The van der Waals surface area contributed by atoms with Crippen LogP contribution in [-0.4, -0.2) is 28.9 Å². The molecule has 0 atom stereocenters. The lowest BCUT2D eigenvalue weighted by Gasteiger charge is -2.30. The molecule has 0 N–H and O–H groups in total. The van der Waals surface area contributed by atoms with Gasteiger partial charge in [0.2, 0.25) is 0 Å². The van der Waals surface area contributed by atoms with Gasteiger partial charge in [-0.05, 0) is 41.9 Å². The summed E-state index contributed by atoms with van der Waals surface area (Å²) in [7, 11) is 0. The van der Waals surface area contributed by atoms with Crippen LogP contribution >= 0.6 is 0 Å². The van der Waals surface area contributed by atoms with E-state index in [9.17, 15) is 4.79 Å². The predicted molar refractivity (Wildman–Crippen MR) is 103 cm³/mol. The second kappa shape index (κ2) is 6.99. The lowest BCUT2D eigenvalue weighted by Crippen LogP contribution is -2.38. The number of carbonyl (C=O) groups is 1. The van der Waals surface area contributed by atoms with Crippen molar-refractivity contribution in [2.24, 2.45) is 5.92 Å². The van der Waals surface area contributed by atoms with Gasteiger partial charge in [-0.25, -0.2) is 4.98 Å². The van der Waals surface area contributed by atoms with Gasteiger partial charge < -0.3 is 4.90 Å². The van der Waals surface area contributed by atoms with E-state index in [0.717, 1.165) is 37.2 Å². The van der Waals surface area contributed by atoms with E-state index in [0.29, 0.717) is 11.6 Å². The van der Waals surface area contributed by atoms with Gasteiger partial charge in [0.05, 0.1) is 5.69 Å². The molecule has 132 valence electrons. The lowest BCUT2D eigenvalue weighted by molar-refractivity contribution is 0.0691. The molecular weight excluding hydrogens is 308 g/mol. The zero-order valence-electron chi connectivity index (χ0n) is 15.7. The predicted octanol–water partition coefficient (Wildman–Crippen LogP) is 4.92. The number of hydrogen-bond donors (Lipinski definition) is 0. The van der Waals surface area contributed by atoms with E-state index in [-0.39, 0.29) is 11.3 Å². The number of carbonyl (C=O) groups excluding carboxylic acids is 1. The second-order valence-electron chi connectivity index (χ2n) is 8.21. The van der Waals surface area contributed by atoms with E-state index in [4.69, 9.17) is 0 Å². The second-order valence-corrected chi connectivity index (χ2v) is 8.21. The molecule has 1 aliphatic rings. The molecule has 1 aliphatic heterocycles. The van der Waals surface area contributed by atoms with Crippen LogP contribution in [0.4, 0.5) is 0 Å². The molecule has 0 unspecified atom stereocenters.